The van der Waals surface area contributed by atoms with Gasteiger partial charge in [0.25, 0.3) is 0 Å². The van der Waals surface area contributed by atoms with Gasteiger partial charge in [-0.15, -0.1) is 0 Å². The molecule has 0 spiro atoms. The van der Waals surface area contributed by atoms with Crippen molar-refractivity contribution in [2.75, 3.05) is 26.2 Å². The molecule has 0 aromatic carbocycles. The van der Waals surface area contributed by atoms with E-state index in [1.54, 1.807) is 0 Å². The smallest absolute Gasteiger partial charge is 0.0187 e. The minimum atomic E-state index is 0.213. The Hall–Kier alpha value is -0.340. The first-order valence-electron chi connectivity index (χ1n) is 5.48. The van der Waals surface area contributed by atoms with E-state index in [2.05, 4.69) is 39.2 Å². The fourth-order valence-electron chi connectivity index (χ4n) is 1.58. The monoisotopic (exact) mass is 198 g/mol. The van der Waals surface area contributed by atoms with E-state index in [1.807, 2.05) is 0 Å². The Morgan fingerprint density at radius 2 is 2.00 bits per heavy atom. The Labute approximate surface area is 89.2 Å². The summed E-state index contributed by atoms with van der Waals surface area (Å²) in [6.45, 7) is 16.6. The molecule has 0 saturated carbocycles. The third-order valence-electron chi connectivity index (χ3n) is 2.24. The molecule has 0 aliphatic carbocycles. The summed E-state index contributed by atoms with van der Waals surface area (Å²) in [7, 11) is 0. The number of hydrogen-bond acceptors (Lipinski definition) is 2. The van der Waals surface area contributed by atoms with Gasteiger partial charge in [-0.05, 0) is 31.8 Å². The molecule has 0 fully saturated rings. The summed E-state index contributed by atoms with van der Waals surface area (Å²) in [6, 6.07) is 0. The van der Waals surface area contributed by atoms with Crippen LogP contribution < -0.4 is 5.73 Å². The van der Waals surface area contributed by atoms with Crippen molar-refractivity contribution in [3.05, 3.63) is 12.2 Å². The van der Waals surface area contributed by atoms with Crippen molar-refractivity contribution in [2.45, 2.75) is 34.1 Å². The van der Waals surface area contributed by atoms with Crippen LogP contribution in [0.1, 0.15) is 34.1 Å². The Kier molecular flexibility index (Phi) is 6.05. The van der Waals surface area contributed by atoms with Gasteiger partial charge in [-0.2, -0.15) is 0 Å². The third kappa shape index (κ3) is 6.17. The van der Waals surface area contributed by atoms with Crippen molar-refractivity contribution >= 4 is 0 Å². The van der Waals surface area contributed by atoms with Crippen LogP contribution in [0.25, 0.3) is 0 Å². The molecule has 84 valence electrons. The summed E-state index contributed by atoms with van der Waals surface area (Å²) < 4.78 is 0. The van der Waals surface area contributed by atoms with E-state index in [0.717, 1.165) is 26.2 Å². The molecule has 0 amide bonds. The topological polar surface area (TPSA) is 29.3 Å². The maximum atomic E-state index is 5.73. The molecule has 14 heavy (non-hydrogen) atoms. The molecule has 0 saturated heterocycles. The van der Waals surface area contributed by atoms with E-state index in [-0.39, 0.29) is 5.41 Å². The van der Waals surface area contributed by atoms with Crippen LogP contribution in [0.5, 0.6) is 0 Å². The highest BCUT2D eigenvalue weighted by Crippen LogP contribution is 2.15. The third-order valence-corrected chi connectivity index (χ3v) is 2.24. The maximum absolute atomic E-state index is 5.73. The summed E-state index contributed by atoms with van der Waals surface area (Å²) in [4.78, 5) is 2.44. The number of nitrogens with two attached hydrogens (primary N) is 1. The van der Waals surface area contributed by atoms with E-state index < -0.39 is 0 Å². The van der Waals surface area contributed by atoms with Crippen LogP contribution in [0.15, 0.2) is 12.2 Å². The van der Waals surface area contributed by atoms with Crippen LogP contribution in [0, 0.1) is 5.41 Å². The molecule has 0 aliphatic heterocycles. The molecular weight excluding hydrogens is 172 g/mol. The number of hydrogen-bond donors (Lipinski definition) is 1. The zero-order valence-electron chi connectivity index (χ0n) is 10.3. The lowest BCUT2D eigenvalue weighted by Gasteiger charge is -2.31. The summed E-state index contributed by atoms with van der Waals surface area (Å²) in [5.41, 5.74) is 7.17. The van der Waals surface area contributed by atoms with Gasteiger partial charge in [0.1, 0.15) is 0 Å². The van der Waals surface area contributed by atoms with E-state index in [0.29, 0.717) is 0 Å². The highest BCUT2D eigenvalue weighted by Gasteiger charge is 2.19. The predicted octanol–water partition coefficient (Wildman–Crippen LogP) is 2.26. The van der Waals surface area contributed by atoms with Crippen LogP contribution in [0.2, 0.25) is 0 Å². The fourth-order valence-corrected chi connectivity index (χ4v) is 1.58. The first-order chi connectivity index (χ1) is 6.41. The van der Waals surface area contributed by atoms with Crippen LogP contribution in [-0.2, 0) is 0 Å². The molecule has 0 aromatic rings. The van der Waals surface area contributed by atoms with Gasteiger partial charge in [0.2, 0.25) is 0 Å². The first kappa shape index (κ1) is 13.7. The molecule has 0 aromatic heterocycles. The highest BCUT2D eigenvalue weighted by molar-refractivity contribution is 4.92. The molecule has 0 atom stereocenters. The Balaban J connectivity index is 4.14. The molecule has 0 radical (unpaired) electrons. The van der Waals surface area contributed by atoms with Gasteiger partial charge in [0.15, 0.2) is 0 Å². The zero-order chi connectivity index (χ0) is 11.2. The number of rotatable bonds is 7. The summed E-state index contributed by atoms with van der Waals surface area (Å²) in [5, 5.41) is 0. The normalized spacial score (nSPS) is 12.1. The lowest BCUT2D eigenvalue weighted by atomic mass is 9.93. The number of nitrogens with zero attached hydrogens (tertiary/aromatic N) is 1. The molecule has 0 aliphatic rings. The molecular formula is C12H26N2. The lowest BCUT2D eigenvalue weighted by molar-refractivity contribution is 0.195. The van der Waals surface area contributed by atoms with Gasteiger partial charge < -0.3 is 5.73 Å². The Morgan fingerprint density at radius 3 is 2.36 bits per heavy atom. The van der Waals surface area contributed by atoms with Crippen LogP contribution in [0.3, 0.4) is 0 Å². The largest absolute Gasteiger partial charge is 0.330 e. The van der Waals surface area contributed by atoms with E-state index in [9.17, 15) is 0 Å². The Bertz CT molecular complexity index is 173. The van der Waals surface area contributed by atoms with Gasteiger partial charge in [0.05, 0.1) is 0 Å². The molecule has 0 heterocycles. The van der Waals surface area contributed by atoms with E-state index >= 15 is 0 Å². The van der Waals surface area contributed by atoms with Gasteiger partial charge in [0, 0.05) is 13.1 Å². The average Bonchev–Trinajstić information content (AvgIpc) is 2.03. The molecule has 2 N–H and O–H groups in total. The lowest BCUT2D eigenvalue weighted by Crippen LogP contribution is -2.39. The van der Waals surface area contributed by atoms with Gasteiger partial charge >= 0.3 is 0 Å². The summed E-state index contributed by atoms with van der Waals surface area (Å²) in [5.74, 6) is 0. The highest BCUT2D eigenvalue weighted by atomic mass is 15.1. The maximum Gasteiger partial charge on any atom is 0.0187 e. The zero-order valence-corrected chi connectivity index (χ0v) is 10.3. The summed E-state index contributed by atoms with van der Waals surface area (Å²) >= 11 is 0. The SMILES string of the molecule is C=C(C)CN(CCC)CC(C)(C)CN. The molecule has 0 unspecified atom stereocenters. The Morgan fingerprint density at radius 1 is 1.43 bits per heavy atom. The quantitative estimate of drug-likeness (QED) is 0.636. The van der Waals surface area contributed by atoms with Crippen molar-refractivity contribution in [2.24, 2.45) is 11.1 Å². The van der Waals surface area contributed by atoms with Crippen molar-refractivity contribution < 1.29 is 0 Å². The van der Waals surface area contributed by atoms with Crippen molar-refractivity contribution in [1.82, 2.24) is 4.90 Å². The minimum Gasteiger partial charge on any atom is -0.330 e. The molecule has 2 nitrogen and oxygen atoms in total. The first-order valence-corrected chi connectivity index (χ1v) is 5.48. The fraction of sp³-hybridized carbons (Fsp3) is 0.833. The van der Waals surface area contributed by atoms with Gasteiger partial charge in [-0.25, -0.2) is 0 Å². The second-order valence-corrected chi connectivity index (χ2v) is 5.04. The van der Waals surface area contributed by atoms with Crippen molar-refractivity contribution in [3.8, 4) is 0 Å². The summed E-state index contributed by atoms with van der Waals surface area (Å²) in [6.07, 6.45) is 1.19. The van der Waals surface area contributed by atoms with Crippen molar-refractivity contribution in [1.29, 1.82) is 0 Å². The minimum absolute atomic E-state index is 0.213. The standard InChI is InChI=1S/C12H26N2/c1-6-7-14(8-11(2)3)10-12(4,5)9-13/h2,6-10,13H2,1,3-5H3. The van der Waals surface area contributed by atoms with Gasteiger partial charge in [-0.3, -0.25) is 4.90 Å². The van der Waals surface area contributed by atoms with E-state index in [4.69, 9.17) is 5.73 Å². The van der Waals surface area contributed by atoms with Crippen LogP contribution in [0.4, 0.5) is 0 Å². The second-order valence-electron chi connectivity index (χ2n) is 5.04. The molecule has 0 bridgehead atoms. The van der Waals surface area contributed by atoms with Crippen molar-refractivity contribution in [3.63, 3.8) is 0 Å². The molecule has 2 heteroatoms. The van der Waals surface area contributed by atoms with E-state index in [1.165, 1.54) is 12.0 Å². The molecule has 0 rings (SSSR count). The predicted molar refractivity (Wildman–Crippen MR) is 64.4 cm³/mol. The van der Waals surface area contributed by atoms with Gasteiger partial charge in [-0.1, -0.05) is 32.9 Å². The second kappa shape index (κ2) is 6.20. The van der Waals surface area contributed by atoms with Crippen LogP contribution in [-0.4, -0.2) is 31.1 Å². The van der Waals surface area contributed by atoms with Crippen LogP contribution >= 0.6 is 0 Å². The average molecular weight is 198 g/mol.